The fourth-order valence-corrected chi connectivity index (χ4v) is 6.96. The van der Waals surface area contributed by atoms with Gasteiger partial charge in [-0.1, -0.05) is 56.1 Å². The van der Waals surface area contributed by atoms with Gasteiger partial charge < -0.3 is 16.1 Å². The Balaban J connectivity index is 1.23. The molecule has 4 aliphatic rings. The Labute approximate surface area is 264 Å². The van der Waals surface area contributed by atoms with Crippen LogP contribution in [0.15, 0.2) is 54.5 Å². The average Bonchev–Trinajstić information content (AvgIpc) is 3.82. The van der Waals surface area contributed by atoms with Gasteiger partial charge in [-0.25, -0.2) is 0 Å². The third-order valence-corrected chi connectivity index (χ3v) is 9.60. The van der Waals surface area contributed by atoms with Crippen LogP contribution in [0.25, 0.3) is 10.9 Å². The Hall–Kier alpha value is -3.16. The summed E-state index contributed by atoms with van der Waals surface area (Å²) in [7, 11) is 7.29. The van der Waals surface area contributed by atoms with Crippen molar-refractivity contribution in [1.29, 1.82) is 5.26 Å². The lowest BCUT2D eigenvalue weighted by Gasteiger charge is -2.34. The van der Waals surface area contributed by atoms with Gasteiger partial charge in [-0.05, 0) is 59.9 Å². The molecule has 8 nitrogen and oxygen atoms in total. The van der Waals surface area contributed by atoms with Crippen molar-refractivity contribution in [3.8, 4) is 6.07 Å². The molecule has 2 radical (unpaired) electrons. The third kappa shape index (κ3) is 5.40. The van der Waals surface area contributed by atoms with Crippen molar-refractivity contribution in [3.63, 3.8) is 0 Å². The number of piperidine rings is 1. The first kappa shape index (κ1) is 28.6. The second kappa shape index (κ2) is 10.5. The quantitative estimate of drug-likeness (QED) is 0.246. The summed E-state index contributed by atoms with van der Waals surface area (Å²) in [4.78, 5) is 7.17. The molecule has 43 heavy (non-hydrogen) atoms. The summed E-state index contributed by atoms with van der Waals surface area (Å²) in [5.41, 5.74) is 9.62. The number of nitrogens with zero attached hydrogens (tertiary/aromatic N) is 4. The minimum Gasteiger partial charge on any atom is -0.383 e. The maximum atomic E-state index is 9.89. The molecule has 3 atom stereocenters. The van der Waals surface area contributed by atoms with Crippen LogP contribution in [0.1, 0.15) is 44.7 Å². The monoisotopic (exact) mass is 612 g/mol. The van der Waals surface area contributed by atoms with E-state index in [1.165, 1.54) is 25.9 Å². The molecule has 7 rings (SSSR count). The molecule has 4 N–H and O–H groups in total. The molecule has 0 spiro atoms. The van der Waals surface area contributed by atoms with Gasteiger partial charge in [0.15, 0.2) is 0 Å². The molecule has 2 aliphatic heterocycles. The fraction of sp³-hybridized carbons (Fsp3) is 0.438. The van der Waals surface area contributed by atoms with Crippen LogP contribution >= 0.6 is 23.2 Å². The number of anilines is 2. The molecule has 2 aliphatic carbocycles. The van der Waals surface area contributed by atoms with Crippen LogP contribution in [0, 0.1) is 28.6 Å². The Bertz CT molecular complexity index is 1630. The van der Waals surface area contributed by atoms with Crippen LogP contribution in [0.4, 0.5) is 11.4 Å². The normalized spacial score (nSPS) is 24.6. The van der Waals surface area contributed by atoms with Gasteiger partial charge in [0.1, 0.15) is 13.9 Å². The van der Waals surface area contributed by atoms with Crippen molar-refractivity contribution >= 4 is 53.3 Å². The van der Waals surface area contributed by atoms with Gasteiger partial charge in [-0.15, -0.1) is 5.53 Å². The predicted octanol–water partition coefficient (Wildman–Crippen LogP) is 5.56. The summed E-state index contributed by atoms with van der Waals surface area (Å²) in [6.07, 6.45) is 6.35. The zero-order valence-corrected chi connectivity index (χ0v) is 26.1. The number of hydrogen-bond acceptors (Lipinski definition) is 8. The van der Waals surface area contributed by atoms with Crippen molar-refractivity contribution in [2.45, 2.75) is 51.1 Å². The highest BCUT2D eigenvalue weighted by atomic mass is 35.5. The fourth-order valence-electron chi connectivity index (χ4n) is 6.56. The highest BCUT2D eigenvalue weighted by molar-refractivity contribution is 6.36. The van der Waals surface area contributed by atoms with Gasteiger partial charge in [-0.3, -0.25) is 14.9 Å². The largest absolute Gasteiger partial charge is 0.383 e. The molecule has 0 bridgehead atoms. The minimum atomic E-state index is -1.16. The number of benzene rings is 2. The number of halogens is 2. The van der Waals surface area contributed by atoms with Crippen molar-refractivity contribution in [3.05, 3.63) is 75.7 Å². The molecule has 3 fully saturated rings. The van der Waals surface area contributed by atoms with E-state index in [9.17, 15) is 5.26 Å². The Morgan fingerprint density at radius 3 is 2.49 bits per heavy atom. The van der Waals surface area contributed by atoms with Crippen LogP contribution < -0.4 is 21.6 Å². The molecule has 3 heterocycles. The number of rotatable bonds is 8. The van der Waals surface area contributed by atoms with Crippen LogP contribution in [0.2, 0.25) is 10.0 Å². The van der Waals surface area contributed by atoms with Crippen LogP contribution in [0.3, 0.4) is 0 Å². The maximum Gasteiger partial charge on any atom is 0.119 e. The Kier molecular flexibility index (Phi) is 6.97. The zero-order valence-electron chi connectivity index (χ0n) is 24.6. The van der Waals surface area contributed by atoms with E-state index < -0.39 is 5.44 Å². The molecule has 2 aromatic carbocycles. The van der Waals surface area contributed by atoms with Crippen molar-refractivity contribution in [2.24, 2.45) is 17.3 Å². The first-order chi connectivity index (χ1) is 20.5. The average molecular weight is 613 g/mol. The van der Waals surface area contributed by atoms with Gasteiger partial charge in [0.25, 0.3) is 0 Å². The Morgan fingerprint density at radius 1 is 1.12 bits per heavy atom. The number of fused-ring (bicyclic) bond motifs is 2. The van der Waals surface area contributed by atoms with E-state index in [1.54, 1.807) is 6.20 Å². The summed E-state index contributed by atoms with van der Waals surface area (Å²) in [5, 5.41) is 20.9. The second-order valence-corrected chi connectivity index (χ2v) is 14.4. The van der Waals surface area contributed by atoms with Crippen LogP contribution in [-0.4, -0.2) is 54.5 Å². The van der Waals surface area contributed by atoms with E-state index in [4.69, 9.17) is 31.0 Å². The molecular formula is C32H35BCl2N8. The zero-order chi connectivity index (χ0) is 30.1. The molecule has 1 aromatic heterocycles. The van der Waals surface area contributed by atoms with E-state index in [-0.39, 0.29) is 5.41 Å². The number of pyridine rings is 1. The van der Waals surface area contributed by atoms with Crippen molar-refractivity contribution in [1.82, 2.24) is 25.9 Å². The van der Waals surface area contributed by atoms with E-state index in [0.717, 1.165) is 22.7 Å². The molecule has 3 unspecified atom stereocenters. The number of aromatic nitrogens is 1. The number of likely N-dealkylation sites (tertiary alicyclic amines) is 1. The molecule has 1 saturated heterocycles. The topological polar surface area (TPSA) is 91.3 Å². The second-order valence-electron chi connectivity index (χ2n) is 13.6. The molecule has 11 heteroatoms. The first-order valence-electron chi connectivity index (χ1n) is 14.9. The van der Waals surface area contributed by atoms with Crippen LogP contribution in [-0.2, 0) is 5.44 Å². The maximum absolute atomic E-state index is 9.89. The number of hydrogen-bond donors (Lipinski definition) is 4. The minimum absolute atomic E-state index is 0.00130. The highest BCUT2D eigenvalue weighted by Crippen LogP contribution is 2.51. The Morgan fingerprint density at radius 2 is 1.84 bits per heavy atom. The van der Waals surface area contributed by atoms with Crippen LogP contribution in [0.5, 0.6) is 0 Å². The smallest absolute Gasteiger partial charge is 0.119 e. The summed E-state index contributed by atoms with van der Waals surface area (Å²) in [6, 6.07) is 14.8. The van der Waals surface area contributed by atoms with E-state index in [0.29, 0.717) is 56.9 Å². The predicted molar refractivity (Wildman–Crippen MR) is 173 cm³/mol. The SMILES string of the molecule is [B]C(Nc1cc(Cl)c2ncc(C#N)c(NCC(C)(C)C)c2c1)(C1=CN(C2C3CN(C4CC4)CC32)NN1)c1ccc(Cl)cc1. The van der Waals surface area contributed by atoms with E-state index >= 15 is 0 Å². The third-order valence-electron chi connectivity index (χ3n) is 9.06. The molecule has 220 valence electrons. The molecular weight excluding hydrogens is 578 g/mol. The molecule has 2 saturated carbocycles. The molecule has 0 amide bonds. The van der Waals surface area contributed by atoms with Gasteiger partial charge in [0.2, 0.25) is 0 Å². The summed E-state index contributed by atoms with van der Waals surface area (Å²) in [5.74, 6) is 1.34. The summed E-state index contributed by atoms with van der Waals surface area (Å²) >= 11 is 13.1. The van der Waals surface area contributed by atoms with Gasteiger partial charge in [-0.2, -0.15) is 5.26 Å². The van der Waals surface area contributed by atoms with Gasteiger partial charge in [0, 0.05) is 54.2 Å². The highest BCUT2D eigenvalue weighted by Gasteiger charge is 2.60. The summed E-state index contributed by atoms with van der Waals surface area (Å²) in [6.45, 7) is 9.43. The lowest BCUT2D eigenvalue weighted by molar-refractivity contribution is 0.194. The van der Waals surface area contributed by atoms with Gasteiger partial charge >= 0.3 is 0 Å². The number of nitriles is 1. The first-order valence-corrected chi connectivity index (χ1v) is 15.7. The van der Waals surface area contributed by atoms with Gasteiger partial charge in [0.05, 0.1) is 39.0 Å². The lowest BCUT2D eigenvalue weighted by Crippen LogP contribution is -2.46. The van der Waals surface area contributed by atoms with Crippen molar-refractivity contribution < 1.29 is 0 Å². The number of nitrogens with one attached hydrogen (secondary N) is 4. The van der Waals surface area contributed by atoms with E-state index in [2.05, 4.69) is 69.5 Å². The standard InChI is InChI=1S/C32H35BCl2N8/c1-31(2,3)17-38-28-18(12-36)13-37-29-23(28)10-21(11-26(29)35)39-32(33,19-4-6-20(34)7-5-19)27-16-43(41-40-27)30-24-14-42(15-25(24)30)22-8-9-22/h4-7,10-11,13,16,22,24-25,30,39-41H,8-9,14-15,17H2,1-3H3,(H,37,38). The number of hydrazine groups is 2. The summed E-state index contributed by atoms with van der Waals surface area (Å²) < 4.78 is 0. The molecule has 3 aromatic rings. The van der Waals surface area contributed by atoms with Crippen molar-refractivity contribution in [2.75, 3.05) is 30.3 Å². The van der Waals surface area contributed by atoms with E-state index in [1.807, 2.05) is 36.4 Å². The lowest BCUT2D eigenvalue weighted by atomic mass is 9.69.